The predicted molar refractivity (Wildman–Crippen MR) is 62.2 cm³/mol. The minimum Gasteiger partial charge on any atom is -0.493 e. The zero-order valence-electron chi connectivity index (χ0n) is 10.0. The lowest BCUT2D eigenvalue weighted by atomic mass is 10.1. The van der Waals surface area contributed by atoms with Crippen LogP contribution in [0.15, 0.2) is 12.1 Å². The first kappa shape index (κ1) is 13.1. The van der Waals surface area contributed by atoms with Crippen LogP contribution in [0.3, 0.4) is 0 Å². The SMILES string of the molecule is COc1cc(C(N)C(N)=O)cc(OC)c1OC. The van der Waals surface area contributed by atoms with Crippen LogP contribution in [0, 0.1) is 0 Å². The van der Waals surface area contributed by atoms with Gasteiger partial charge < -0.3 is 25.7 Å². The van der Waals surface area contributed by atoms with Gasteiger partial charge in [-0.2, -0.15) is 0 Å². The van der Waals surface area contributed by atoms with Gasteiger partial charge in [-0.25, -0.2) is 0 Å². The fourth-order valence-corrected chi connectivity index (χ4v) is 1.45. The van der Waals surface area contributed by atoms with E-state index in [2.05, 4.69) is 0 Å². The molecule has 0 saturated heterocycles. The van der Waals surface area contributed by atoms with Crippen LogP contribution in [0.1, 0.15) is 11.6 Å². The highest BCUT2D eigenvalue weighted by Crippen LogP contribution is 2.39. The molecule has 0 saturated carbocycles. The number of rotatable bonds is 5. The van der Waals surface area contributed by atoms with Crippen LogP contribution in [0.2, 0.25) is 0 Å². The summed E-state index contributed by atoms with van der Waals surface area (Å²) in [5.74, 6) is 0.673. The molecule has 0 aromatic heterocycles. The molecule has 1 rings (SSSR count). The molecule has 1 atom stereocenters. The topological polar surface area (TPSA) is 96.8 Å². The van der Waals surface area contributed by atoms with Gasteiger partial charge in [-0.15, -0.1) is 0 Å². The Morgan fingerprint density at radius 3 is 1.88 bits per heavy atom. The Bertz CT molecular complexity index is 395. The third kappa shape index (κ3) is 2.59. The molecule has 0 aliphatic heterocycles. The van der Waals surface area contributed by atoms with Crippen molar-refractivity contribution in [1.29, 1.82) is 0 Å². The van der Waals surface area contributed by atoms with Crippen molar-refractivity contribution in [3.8, 4) is 17.2 Å². The normalized spacial score (nSPS) is 11.8. The molecule has 0 bridgehead atoms. The molecule has 0 aliphatic carbocycles. The standard InChI is InChI=1S/C11H16N2O4/c1-15-7-4-6(9(12)11(13)14)5-8(16-2)10(7)17-3/h4-5,9H,12H2,1-3H3,(H2,13,14). The zero-order valence-corrected chi connectivity index (χ0v) is 10.0. The number of ether oxygens (including phenoxy) is 3. The monoisotopic (exact) mass is 240 g/mol. The molecule has 1 unspecified atom stereocenters. The van der Waals surface area contributed by atoms with Gasteiger partial charge in [-0.3, -0.25) is 4.79 Å². The molecule has 1 aromatic carbocycles. The molecule has 6 nitrogen and oxygen atoms in total. The molecule has 17 heavy (non-hydrogen) atoms. The van der Waals surface area contributed by atoms with Gasteiger partial charge in [0.05, 0.1) is 21.3 Å². The number of hydrogen-bond donors (Lipinski definition) is 2. The molecule has 0 aliphatic rings. The van der Waals surface area contributed by atoms with Crippen molar-refractivity contribution in [2.24, 2.45) is 11.5 Å². The zero-order chi connectivity index (χ0) is 13.0. The van der Waals surface area contributed by atoms with Crippen molar-refractivity contribution in [3.05, 3.63) is 17.7 Å². The second kappa shape index (κ2) is 5.40. The van der Waals surface area contributed by atoms with Crippen LogP contribution in [0.4, 0.5) is 0 Å². The van der Waals surface area contributed by atoms with Crippen LogP contribution >= 0.6 is 0 Å². The minimum atomic E-state index is -0.913. The summed E-state index contributed by atoms with van der Waals surface area (Å²) in [6.45, 7) is 0. The lowest BCUT2D eigenvalue weighted by Crippen LogP contribution is -2.28. The maximum Gasteiger partial charge on any atom is 0.238 e. The number of hydrogen-bond acceptors (Lipinski definition) is 5. The van der Waals surface area contributed by atoms with Crippen molar-refractivity contribution < 1.29 is 19.0 Å². The van der Waals surface area contributed by atoms with Gasteiger partial charge >= 0.3 is 0 Å². The number of carbonyl (C=O) groups excluding carboxylic acids is 1. The fraction of sp³-hybridized carbons (Fsp3) is 0.364. The number of methoxy groups -OCH3 is 3. The molecule has 1 amide bonds. The summed E-state index contributed by atoms with van der Waals surface area (Å²) >= 11 is 0. The number of carbonyl (C=O) groups is 1. The third-order valence-electron chi connectivity index (χ3n) is 2.35. The van der Waals surface area contributed by atoms with Crippen LogP contribution in [0.5, 0.6) is 17.2 Å². The van der Waals surface area contributed by atoms with Gasteiger partial charge in [0.25, 0.3) is 0 Å². The highest BCUT2D eigenvalue weighted by Gasteiger charge is 2.19. The van der Waals surface area contributed by atoms with Crippen molar-refractivity contribution in [3.63, 3.8) is 0 Å². The summed E-state index contributed by atoms with van der Waals surface area (Å²) in [7, 11) is 4.46. The largest absolute Gasteiger partial charge is 0.493 e. The number of primary amides is 1. The molecule has 0 radical (unpaired) electrons. The molecular weight excluding hydrogens is 224 g/mol. The summed E-state index contributed by atoms with van der Waals surface area (Å²) in [4.78, 5) is 11.0. The quantitative estimate of drug-likeness (QED) is 0.766. The third-order valence-corrected chi connectivity index (χ3v) is 2.35. The highest BCUT2D eigenvalue weighted by molar-refractivity contribution is 5.81. The molecule has 0 fully saturated rings. The van der Waals surface area contributed by atoms with Gasteiger partial charge in [-0.05, 0) is 17.7 Å². The summed E-state index contributed by atoms with van der Waals surface area (Å²) in [6.07, 6.45) is 0. The van der Waals surface area contributed by atoms with Crippen LogP contribution in [-0.4, -0.2) is 27.2 Å². The van der Waals surface area contributed by atoms with Crippen molar-refractivity contribution in [2.75, 3.05) is 21.3 Å². The summed E-state index contributed by atoms with van der Waals surface area (Å²) in [5.41, 5.74) is 11.3. The molecule has 1 aromatic rings. The summed E-state index contributed by atoms with van der Waals surface area (Å²) in [6, 6.07) is 2.27. The second-order valence-corrected chi connectivity index (χ2v) is 3.34. The Morgan fingerprint density at radius 2 is 1.59 bits per heavy atom. The molecule has 4 N–H and O–H groups in total. The van der Waals surface area contributed by atoms with E-state index < -0.39 is 11.9 Å². The maximum atomic E-state index is 11.0. The van der Waals surface area contributed by atoms with E-state index in [1.165, 1.54) is 21.3 Å². The van der Waals surface area contributed by atoms with E-state index >= 15 is 0 Å². The average Bonchev–Trinajstić information content (AvgIpc) is 2.35. The number of amides is 1. The minimum absolute atomic E-state index is 0.429. The van der Waals surface area contributed by atoms with Gasteiger partial charge in [-0.1, -0.05) is 0 Å². The van der Waals surface area contributed by atoms with E-state index in [-0.39, 0.29) is 0 Å². The second-order valence-electron chi connectivity index (χ2n) is 3.34. The van der Waals surface area contributed by atoms with E-state index in [0.29, 0.717) is 22.8 Å². The van der Waals surface area contributed by atoms with E-state index in [0.717, 1.165) is 0 Å². The van der Waals surface area contributed by atoms with E-state index in [4.69, 9.17) is 25.7 Å². The number of benzene rings is 1. The lowest BCUT2D eigenvalue weighted by Gasteiger charge is -2.16. The van der Waals surface area contributed by atoms with Crippen LogP contribution in [-0.2, 0) is 4.79 Å². The first-order valence-corrected chi connectivity index (χ1v) is 4.90. The van der Waals surface area contributed by atoms with E-state index in [1.807, 2.05) is 0 Å². The summed E-state index contributed by atoms with van der Waals surface area (Å²) < 4.78 is 15.4. The Labute approximate surface area is 99.4 Å². The first-order chi connectivity index (χ1) is 8.04. The van der Waals surface area contributed by atoms with E-state index in [9.17, 15) is 4.79 Å². The van der Waals surface area contributed by atoms with E-state index in [1.54, 1.807) is 12.1 Å². The predicted octanol–water partition coefficient (Wildman–Crippen LogP) is 0.198. The average molecular weight is 240 g/mol. The van der Waals surface area contributed by atoms with Gasteiger partial charge in [0.15, 0.2) is 11.5 Å². The Balaban J connectivity index is 3.31. The van der Waals surface area contributed by atoms with Crippen LogP contribution < -0.4 is 25.7 Å². The smallest absolute Gasteiger partial charge is 0.238 e. The molecule has 0 heterocycles. The first-order valence-electron chi connectivity index (χ1n) is 4.90. The molecule has 0 spiro atoms. The number of nitrogens with two attached hydrogens (primary N) is 2. The van der Waals surface area contributed by atoms with Gasteiger partial charge in [0.2, 0.25) is 11.7 Å². The maximum absolute atomic E-state index is 11.0. The lowest BCUT2D eigenvalue weighted by molar-refractivity contribution is -0.119. The van der Waals surface area contributed by atoms with Crippen molar-refractivity contribution >= 4 is 5.91 Å². The Hall–Kier alpha value is -1.95. The highest BCUT2D eigenvalue weighted by atomic mass is 16.5. The van der Waals surface area contributed by atoms with Crippen molar-refractivity contribution in [1.82, 2.24) is 0 Å². The van der Waals surface area contributed by atoms with Crippen molar-refractivity contribution in [2.45, 2.75) is 6.04 Å². The van der Waals surface area contributed by atoms with Crippen LogP contribution in [0.25, 0.3) is 0 Å². The molecule has 94 valence electrons. The molecular formula is C11H16N2O4. The van der Waals surface area contributed by atoms with Gasteiger partial charge in [0, 0.05) is 0 Å². The Kier molecular flexibility index (Phi) is 4.17. The van der Waals surface area contributed by atoms with Gasteiger partial charge in [0.1, 0.15) is 6.04 Å². The molecule has 6 heteroatoms. The summed E-state index contributed by atoms with van der Waals surface area (Å²) in [5, 5.41) is 0. The fourth-order valence-electron chi connectivity index (χ4n) is 1.45. The Morgan fingerprint density at radius 1 is 1.12 bits per heavy atom.